The molecule has 0 atom stereocenters. The molecule has 7 heteroatoms. The third-order valence-electron chi connectivity index (χ3n) is 4.96. The molecule has 31 heavy (non-hydrogen) atoms. The highest BCUT2D eigenvalue weighted by Crippen LogP contribution is 2.29. The van der Waals surface area contributed by atoms with Gasteiger partial charge in [0.05, 0.1) is 16.6 Å². The summed E-state index contributed by atoms with van der Waals surface area (Å²) < 4.78 is 12.4. The molecule has 0 aliphatic rings. The number of hydrogen-bond acceptors (Lipinski definition) is 6. The Bertz CT molecular complexity index is 1490. The van der Waals surface area contributed by atoms with Crippen LogP contribution in [0.5, 0.6) is 0 Å². The van der Waals surface area contributed by atoms with Crippen molar-refractivity contribution in [3.63, 3.8) is 0 Å². The second-order valence-corrected chi connectivity index (χ2v) is 7.21. The van der Waals surface area contributed by atoms with Gasteiger partial charge < -0.3 is 9.26 Å². The molecule has 0 saturated carbocycles. The van der Waals surface area contributed by atoms with Crippen molar-refractivity contribution < 1.29 is 14.1 Å². The van der Waals surface area contributed by atoms with Crippen LogP contribution in [0.4, 0.5) is 0 Å². The number of pyridine rings is 1. The maximum atomic E-state index is 12.6. The molecule has 0 radical (unpaired) electrons. The molecule has 2 aromatic carbocycles. The lowest BCUT2D eigenvalue weighted by molar-refractivity contribution is 0.0468. The molecular weight excluding hydrogens is 394 g/mol. The van der Waals surface area contributed by atoms with Crippen molar-refractivity contribution >= 4 is 22.5 Å². The zero-order chi connectivity index (χ0) is 21.4. The molecule has 0 spiro atoms. The third-order valence-corrected chi connectivity index (χ3v) is 4.96. The molecule has 0 aliphatic carbocycles. The fourth-order valence-electron chi connectivity index (χ4n) is 3.42. The van der Waals surface area contributed by atoms with Crippen LogP contribution in [0.2, 0.25) is 0 Å². The summed E-state index contributed by atoms with van der Waals surface area (Å²) in [5.41, 5.74) is 3.50. The summed E-state index contributed by atoms with van der Waals surface area (Å²) in [7, 11) is 0. The predicted octanol–water partition coefficient (Wildman–Crippen LogP) is 4.17. The van der Waals surface area contributed by atoms with Gasteiger partial charge in [0, 0.05) is 17.8 Å². The molecule has 7 nitrogen and oxygen atoms in total. The average molecular weight is 411 g/mol. The molecule has 5 rings (SSSR count). The average Bonchev–Trinajstić information content (AvgIpc) is 3.22. The number of hydrogen-bond donors (Lipinski definition) is 0. The number of benzene rings is 2. The van der Waals surface area contributed by atoms with Gasteiger partial charge in [-0.05, 0) is 36.8 Å². The topological polar surface area (TPSA) is 86.7 Å². The van der Waals surface area contributed by atoms with Crippen LogP contribution in [-0.2, 0) is 11.3 Å². The van der Waals surface area contributed by atoms with E-state index in [9.17, 15) is 9.59 Å². The molecule has 3 aromatic heterocycles. The Hall–Kier alpha value is -4.26. The van der Waals surface area contributed by atoms with Crippen LogP contribution in [0, 0.1) is 6.92 Å². The zero-order valence-electron chi connectivity index (χ0n) is 16.6. The van der Waals surface area contributed by atoms with Gasteiger partial charge in [-0.1, -0.05) is 41.6 Å². The van der Waals surface area contributed by atoms with Crippen LogP contribution in [0.25, 0.3) is 27.9 Å². The fraction of sp³-hybridized carbons (Fsp3) is 0.0833. The van der Waals surface area contributed by atoms with Crippen molar-refractivity contribution in [2.24, 2.45) is 0 Å². The lowest BCUT2D eigenvalue weighted by Crippen LogP contribution is -2.16. The summed E-state index contributed by atoms with van der Waals surface area (Å²) >= 11 is 0. The third kappa shape index (κ3) is 3.57. The lowest BCUT2D eigenvalue weighted by Gasteiger charge is -2.07. The van der Waals surface area contributed by atoms with Gasteiger partial charge in [-0.25, -0.2) is 9.78 Å². The summed E-state index contributed by atoms with van der Waals surface area (Å²) in [5, 5.41) is 4.78. The first-order chi connectivity index (χ1) is 15.1. The van der Waals surface area contributed by atoms with Crippen molar-refractivity contribution in [3.8, 4) is 11.3 Å². The molecule has 152 valence electrons. The smallest absolute Gasteiger partial charge is 0.338 e. The summed E-state index contributed by atoms with van der Waals surface area (Å²) in [6, 6.07) is 19.6. The van der Waals surface area contributed by atoms with Crippen molar-refractivity contribution in [1.29, 1.82) is 0 Å². The van der Waals surface area contributed by atoms with Crippen molar-refractivity contribution in [1.82, 2.24) is 14.5 Å². The van der Waals surface area contributed by atoms with Gasteiger partial charge in [0.15, 0.2) is 5.76 Å². The summed E-state index contributed by atoms with van der Waals surface area (Å²) in [6.45, 7) is 1.79. The van der Waals surface area contributed by atoms with Crippen LogP contribution in [0.3, 0.4) is 0 Å². The Kier molecular flexibility index (Phi) is 4.55. The van der Waals surface area contributed by atoms with E-state index in [-0.39, 0.29) is 12.2 Å². The van der Waals surface area contributed by atoms with Gasteiger partial charge in [0.2, 0.25) is 0 Å². The molecule has 0 saturated heterocycles. The van der Waals surface area contributed by atoms with Gasteiger partial charge in [0.25, 0.3) is 5.56 Å². The van der Waals surface area contributed by atoms with E-state index in [1.165, 1.54) is 10.5 Å². The van der Waals surface area contributed by atoms with Gasteiger partial charge >= 0.3 is 5.97 Å². The number of carbonyl (C=O) groups excluding carboxylic acids is 1. The van der Waals surface area contributed by atoms with Gasteiger partial charge in [-0.3, -0.25) is 9.20 Å². The Morgan fingerprint density at radius 2 is 1.90 bits per heavy atom. The zero-order valence-corrected chi connectivity index (χ0v) is 16.6. The highest BCUT2D eigenvalue weighted by atomic mass is 16.5. The minimum absolute atomic E-state index is 0.105. The number of aryl methyl sites for hydroxylation is 1. The Balaban J connectivity index is 1.40. The van der Waals surface area contributed by atoms with Crippen LogP contribution in [-0.4, -0.2) is 20.5 Å². The van der Waals surface area contributed by atoms with E-state index in [1.807, 2.05) is 43.3 Å². The second kappa shape index (κ2) is 7.53. The van der Waals surface area contributed by atoms with E-state index in [4.69, 9.17) is 9.26 Å². The summed E-state index contributed by atoms with van der Waals surface area (Å²) in [6.07, 6.45) is 1.72. The monoisotopic (exact) mass is 411 g/mol. The maximum Gasteiger partial charge on any atom is 0.338 e. The van der Waals surface area contributed by atoms with Crippen LogP contribution in [0.1, 0.15) is 21.6 Å². The van der Waals surface area contributed by atoms with Crippen molar-refractivity contribution in [2.75, 3.05) is 0 Å². The molecule has 0 aliphatic heterocycles. The number of ether oxygens (including phenoxy) is 1. The van der Waals surface area contributed by atoms with Crippen molar-refractivity contribution in [2.45, 2.75) is 13.5 Å². The number of rotatable bonds is 4. The number of aromatic nitrogens is 3. The van der Waals surface area contributed by atoms with Crippen molar-refractivity contribution in [3.05, 3.63) is 100 Å². The van der Waals surface area contributed by atoms with E-state index >= 15 is 0 Å². The van der Waals surface area contributed by atoms with Crippen LogP contribution >= 0.6 is 0 Å². The molecule has 0 amide bonds. The highest BCUT2D eigenvalue weighted by Gasteiger charge is 2.15. The Labute approximate surface area is 176 Å². The molecule has 3 heterocycles. The summed E-state index contributed by atoms with van der Waals surface area (Å²) in [5.74, 6) is 0.0674. The maximum absolute atomic E-state index is 12.6. The number of carbonyl (C=O) groups is 1. The van der Waals surface area contributed by atoms with E-state index in [0.29, 0.717) is 28.2 Å². The first-order valence-corrected chi connectivity index (χ1v) is 9.69. The van der Waals surface area contributed by atoms with E-state index in [2.05, 4.69) is 10.1 Å². The van der Waals surface area contributed by atoms with Gasteiger partial charge in [-0.15, -0.1) is 0 Å². The lowest BCUT2D eigenvalue weighted by atomic mass is 10.1. The van der Waals surface area contributed by atoms with Gasteiger partial charge in [0.1, 0.15) is 17.8 Å². The molecule has 5 aromatic rings. The largest absolute Gasteiger partial charge is 0.456 e. The quantitative estimate of drug-likeness (QED) is 0.413. The fourth-order valence-corrected chi connectivity index (χ4v) is 3.42. The van der Waals surface area contributed by atoms with E-state index in [1.54, 1.807) is 30.5 Å². The van der Waals surface area contributed by atoms with E-state index in [0.717, 1.165) is 16.5 Å². The van der Waals surface area contributed by atoms with E-state index < -0.39 is 5.97 Å². The highest BCUT2D eigenvalue weighted by molar-refractivity contribution is 5.98. The Morgan fingerprint density at radius 3 is 2.74 bits per heavy atom. The molecule has 0 bridgehead atoms. The molecule has 0 unspecified atom stereocenters. The normalized spacial score (nSPS) is 11.1. The number of esters is 1. The minimum atomic E-state index is -0.520. The first-order valence-electron chi connectivity index (χ1n) is 9.69. The van der Waals surface area contributed by atoms with Crippen LogP contribution in [0.15, 0.2) is 82.2 Å². The summed E-state index contributed by atoms with van der Waals surface area (Å²) in [4.78, 5) is 29.4. The minimum Gasteiger partial charge on any atom is -0.456 e. The number of nitrogens with zero attached hydrogens (tertiary/aromatic N) is 3. The standard InChI is InChI=1S/C24H17N3O4/c1-15-7-10-21-25-18(12-22(28)27(21)13-15)14-30-24(29)17-8-9-20-19(11-17)23(31-26-20)16-5-3-2-4-6-16/h2-13H,14H2,1H3. The first kappa shape index (κ1) is 18.7. The molecule has 0 N–H and O–H groups in total. The van der Waals surface area contributed by atoms with Crippen LogP contribution < -0.4 is 5.56 Å². The van der Waals surface area contributed by atoms with Gasteiger partial charge in [-0.2, -0.15) is 0 Å². The second-order valence-electron chi connectivity index (χ2n) is 7.21. The number of fused-ring (bicyclic) bond motifs is 2. The molecule has 0 fully saturated rings. The Morgan fingerprint density at radius 1 is 1.06 bits per heavy atom. The molecular formula is C24H17N3O4. The SMILES string of the molecule is Cc1ccc2nc(COC(=O)c3ccc4noc(-c5ccccc5)c4c3)cc(=O)n2c1. The predicted molar refractivity (Wildman–Crippen MR) is 115 cm³/mol.